The molecule has 0 radical (unpaired) electrons. The highest BCUT2D eigenvalue weighted by Crippen LogP contribution is 2.43. The number of hydrogen-bond donors (Lipinski definition) is 0. The molecule has 16 rings (SSSR count). The van der Waals surface area contributed by atoms with Crippen LogP contribution in [0.25, 0.3) is 88.2 Å². The van der Waals surface area contributed by atoms with Crippen LogP contribution in [0.15, 0.2) is 332 Å². The molecule has 0 spiro atoms. The van der Waals surface area contributed by atoms with Gasteiger partial charge in [0.15, 0.2) is 0 Å². The van der Waals surface area contributed by atoms with Gasteiger partial charge in [-0.3, -0.25) is 0 Å². The first-order valence-electron chi connectivity index (χ1n) is 28.1. The van der Waals surface area contributed by atoms with Crippen LogP contribution in [0, 0.1) is 0 Å². The fraction of sp³-hybridized carbons (Fsp3) is 0.0130. The predicted octanol–water partition coefficient (Wildman–Crippen LogP) is 21.0. The summed E-state index contributed by atoms with van der Waals surface area (Å²) >= 11 is 3.66. The van der Waals surface area contributed by atoms with Gasteiger partial charge in [0, 0.05) is 89.0 Å². The SMILES string of the molecule is Brc1ccc2c(c1)c1ccc3ccn(-c4ccccc4)c3c1n2-c1ccccc1.c1ccc(Cc2ccccc2)cc1.c1ccc(N(c2ccccc2)c2ccc3c(c2)c2ccc4ccn(-c5ccccc5)c4c2n3-c2ccccc2)cc1. The molecule has 0 N–H and O–H groups in total. The summed E-state index contributed by atoms with van der Waals surface area (Å²) in [4.78, 5) is 2.33. The largest absolute Gasteiger partial charge is 0.315 e. The zero-order chi connectivity index (χ0) is 55.5. The molecule has 0 unspecified atom stereocenters. The lowest BCUT2D eigenvalue weighted by atomic mass is 10.1. The third-order valence-corrected chi connectivity index (χ3v) is 16.1. The quantitative estimate of drug-likeness (QED) is 0.141. The Labute approximate surface area is 491 Å². The van der Waals surface area contributed by atoms with Crippen molar-refractivity contribution in [1.82, 2.24) is 18.3 Å². The third kappa shape index (κ3) is 9.86. The van der Waals surface area contributed by atoms with E-state index in [4.69, 9.17) is 0 Å². The minimum Gasteiger partial charge on any atom is -0.315 e. The second kappa shape index (κ2) is 22.6. The molecule has 0 aliphatic carbocycles. The van der Waals surface area contributed by atoms with Gasteiger partial charge in [0.05, 0.1) is 33.1 Å². The van der Waals surface area contributed by atoms with Crippen LogP contribution in [0.3, 0.4) is 0 Å². The minimum atomic E-state index is 1.03. The van der Waals surface area contributed by atoms with E-state index in [-0.39, 0.29) is 0 Å². The maximum Gasteiger partial charge on any atom is 0.0788 e. The van der Waals surface area contributed by atoms with E-state index in [9.17, 15) is 0 Å². The molecule has 0 atom stereocenters. The van der Waals surface area contributed by atoms with E-state index in [0.29, 0.717) is 0 Å². The fourth-order valence-corrected chi connectivity index (χ4v) is 12.2. The monoisotopic (exact) mass is 1130 g/mol. The first-order valence-corrected chi connectivity index (χ1v) is 28.9. The van der Waals surface area contributed by atoms with Gasteiger partial charge in [0.2, 0.25) is 0 Å². The number of nitrogens with zero attached hydrogens (tertiary/aromatic N) is 5. The molecule has 83 heavy (non-hydrogen) atoms. The van der Waals surface area contributed by atoms with E-state index in [1.165, 1.54) is 87.9 Å². The van der Waals surface area contributed by atoms with Gasteiger partial charge in [-0.25, -0.2) is 0 Å². The summed E-state index contributed by atoms with van der Waals surface area (Å²) in [7, 11) is 0. The van der Waals surface area contributed by atoms with E-state index in [2.05, 4.69) is 367 Å². The lowest BCUT2D eigenvalue weighted by molar-refractivity contribution is 1.12. The number of hydrogen-bond acceptors (Lipinski definition) is 1. The van der Waals surface area contributed by atoms with Crippen LogP contribution >= 0.6 is 15.9 Å². The average Bonchev–Trinajstić information content (AvgIpc) is 2.28. The molecule has 0 amide bonds. The Balaban J connectivity index is 0.000000126. The highest BCUT2D eigenvalue weighted by molar-refractivity contribution is 9.10. The molecule has 0 saturated heterocycles. The molecule has 0 saturated carbocycles. The van der Waals surface area contributed by atoms with Crippen molar-refractivity contribution >= 4 is 98.4 Å². The molecule has 0 aliphatic rings. The number of rotatable bonds is 9. The molecule has 4 aromatic heterocycles. The predicted molar refractivity (Wildman–Crippen MR) is 353 cm³/mol. The number of anilines is 3. The van der Waals surface area contributed by atoms with Crippen molar-refractivity contribution in [3.8, 4) is 22.7 Å². The first kappa shape index (κ1) is 50.8. The van der Waals surface area contributed by atoms with Crippen molar-refractivity contribution in [2.24, 2.45) is 0 Å². The van der Waals surface area contributed by atoms with Crippen molar-refractivity contribution in [3.63, 3.8) is 0 Å². The second-order valence-electron chi connectivity index (χ2n) is 20.7. The summed E-state index contributed by atoms with van der Waals surface area (Å²) < 4.78 is 10.5. The average molecular weight is 1130 g/mol. The molecule has 5 nitrogen and oxygen atoms in total. The van der Waals surface area contributed by atoms with Crippen LogP contribution in [0.1, 0.15) is 11.1 Å². The van der Waals surface area contributed by atoms with Crippen molar-refractivity contribution in [3.05, 3.63) is 343 Å². The van der Waals surface area contributed by atoms with E-state index in [0.717, 1.165) is 39.3 Å². The van der Waals surface area contributed by atoms with Gasteiger partial charge in [-0.2, -0.15) is 0 Å². The van der Waals surface area contributed by atoms with Crippen molar-refractivity contribution in [1.29, 1.82) is 0 Å². The van der Waals surface area contributed by atoms with Gasteiger partial charge in [-0.05, 0) is 139 Å². The van der Waals surface area contributed by atoms with Gasteiger partial charge < -0.3 is 23.2 Å². The van der Waals surface area contributed by atoms with Crippen molar-refractivity contribution in [2.75, 3.05) is 4.90 Å². The number of halogens is 1. The molecule has 16 aromatic rings. The lowest BCUT2D eigenvalue weighted by Gasteiger charge is -2.25. The van der Waals surface area contributed by atoms with Gasteiger partial charge in [-0.15, -0.1) is 0 Å². The maximum atomic E-state index is 3.66. The summed E-state index contributed by atoms with van der Waals surface area (Å²) in [6, 6.07) is 112. The van der Waals surface area contributed by atoms with Gasteiger partial charge in [0.1, 0.15) is 0 Å². The van der Waals surface area contributed by atoms with Crippen LogP contribution in [-0.2, 0) is 6.42 Å². The third-order valence-electron chi connectivity index (χ3n) is 15.6. The summed E-state index contributed by atoms with van der Waals surface area (Å²) in [6.07, 6.45) is 5.38. The smallest absolute Gasteiger partial charge is 0.0788 e. The van der Waals surface area contributed by atoms with E-state index >= 15 is 0 Å². The maximum absolute atomic E-state index is 3.66. The van der Waals surface area contributed by atoms with Crippen LogP contribution < -0.4 is 4.90 Å². The van der Waals surface area contributed by atoms with Crippen LogP contribution in [-0.4, -0.2) is 18.3 Å². The van der Waals surface area contributed by atoms with Crippen LogP contribution in [0.2, 0.25) is 0 Å². The normalized spacial score (nSPS) is 11.2. The molecular formula is C77H56BrN5. The molecule has 396 valence electrons. The lowest BCUT2D eigenvalue weighted by Crippen LogP contribution is -2.09. The van der Waals surface area contributed by atoms with Gasteiger partial charge in [-0.1, -0.05) is 210 Å². The van der Waals surface area contributed by atoms with Crippen molar-refractivity contribution < 1.29 is 0 Å². The second-order valence-corrected chi connectivity index (χ2v) is 21.6. The standard InChI is InChI=1S/C38H27N3.C26H17BrN2.C13H12/c1-5-13-29(14-6-1)39-26-25-28-21-23-34-35-27-33(40(30-15-7-2-8-16-30)31-17-9-3-10-18-31)22-24-36(35)41(38(34)37(28)39)32-19-11-4-12-20-32;27-19-12-14-24-23(17-19)22-13-11-18-15-16-28(20-7-3-1-4-8-20)25(18)26(22)29(24)21-9-5-2-6-10-21;1-3-7-12(8-4-1)11-13-9-5-2-6-10-13/h1-27H;1-17H;1-10H,11H2. The Morgan fingerprint density at radius 1 is 0.277 bits per heavy atom. The summed E-state index contributed by atoms with van der Waals surface area (Å²) in [6.45, 7) is 0. The Hall–Kier alpha value is -10.4. The molecule has 6 heteroatoms. The number of benzene rings is 12. The van der Waals surface area contributed by atoms with Crippen LogP contribution in [0.5, 0.6) is 0 Å². The molecule has 0 aliphatic heterocycles. The zero-order valence-corrected chi connectivity index (χ0v) is 47.1. The Morgan fingerprint density at radius 2 is 0.639 bits per heavy atom. The van der Waals surface area contributed by atoms with Crippen molar-refractivity contribution in [2.45, 2.75) is 6.42 Å². The molecule has 12 aromatic carbocycles. The topological polar surface area (TPSA) is 23.0 Å². The van der Waals surface area contributed by atoms with E-state index < -0.39 is 0 Å². The highest BCUT2D eigenvalue weighted by Gasteiger charge is 2.22. The van der Waals surface area contributed by atoms with E-state index in [1.807, 2.05) is 0 Å². The number of para-hydroxylation sites is 6. The molecular weight excluding hydrogens is 1070 g/mol. The Bertz CT molecular complexity index is 4770. The summed E-state index contributed by atoms with van der Waals surface area (Å²) in [5.41, 5.74) is 18.0. The minimum absolute atomic E-state index is 1.03. The van der Waals surface area contributed by atoms with Crippen LogP contribution in [0.4, 0.5) is 17.1 Å². The summed E-state index contributed by atoms with van der Waals surface area (Å²) in [5.74, 6) is 0. The van der Waals surface area contributed by atoms with Gasteiger partial charge >= 0.3 is 0 Å². The zero-order valence-electron chi connectivity index (χ0n) is 45.5. The summed E-state index contributed by atoms with van der Waals surface area (Å²) in [5, 5.41) is 7.42. The molecule has 0 fully saturated rings. The Morgan fingerprint density at radius 3 is 1.06 bits per heavy atom. The number of fused-ring (bicyclic) bond motifs is 10. The van der Waals surface area contributed by atoms with E-state index in [1.54, 1.807) is 0 Å². The molecule has 0 bridgehead atoms. The Kier molecular flexibility index (Phi) is 13.8. The highest BCUT2D eigenvalue weighted by atomic mass is 79.9. The fourth-order valence-electron chi connectivity index (χ4n) is 11.9. The van der Waals surface area contributed by atoms with Gasteiger partial charge in [0.25, 0.3) is 0 Å². The molecule has 4 heterocycles. The number of aromatic nitrogens is 4. The first-order chi connectivity index (χ1) is 41.1.